The van der Waals surface area contributed by atoms with Gasteiger partial charge in [0.2, 0.25) is 0 Å². The summed E-state index contributed by atoms with van der Waals surface area (Å²) in [5.41, 5.74) is 2.35. The van der Waals surface area contributed by atoms with E-state index in [1.54, 1.807) is 7.11 Å². The summed E-state index contributed by atoms with van der Waals surface area (Å²) in [5, 5.41) is 7.73. The summed E-state index contributed by atoms with van der Waals surface area (Å²) in [6, 6.07) is 2.14. The Morgan fingerprint density at radius 1 is 1.35 bits per heavy atom. The largest absolute Gasteiger partial charge is 0.382 e. The van der Waals surface area contributed by atoms with Crippen LogP contribution in [0.1, 0.15) is 18.3 Å². The maximum Gasteiger partial charge on any atom is 0.0700 e. The third kappa shape index (κ3) is 5.30. The van der Waals surface area contributed by atoms with Crippen molar-refractivity contribution in [2.24, 2.45) is 7.05 Å². The zero-order valence-electron chi connectivity index (χ0n) is 11.0. The van der Waals surface area contributed by atoms with Crippen LogP contribution in [-0.2, 0) is 29.5 Å². The van der Waals surface area contributed by atoms with Gasteiger partial charge in [-0.15, -0.1) is 0 Å². The van der Waals surface area contributed by atoms with Crippen LogP contribution in [0.4, 0.5) is 0 Å². The molecule has 0 amide bonds. The highest BCUT2D eigenvalue weighted by molar-refractivity contribution is 5.09. The Kier molecular flexibility index (Phi) is 6.84. The molecule has 0 aliphatic carbocycles. The lowest BCUT2D eigenvalue weighted by atomic mass is 10.3. The molecule has 0 aliphatic heterocycles. The van der Waals surface area contributed by atoms with Crippen LogP contribution < -0.4 is 5.32 Å². The Labute approximate surface area is 103 Å². The van der Waals surface area contributed by atoms with Crippen LogP contribution >= 0.6 is 0 Å². The molecule has 0 aliphatic rings. The molecule has 0 aromatic carbocycles. The Morgan fingerprint density at radius 2 is 2.18 bits per heavy atom. The number of ether oxygens (including phenoxy) is 2. The highest BCUT2D eigenvalue weighted by atomic mass is 16.5. The van der Waals surface area contributed by atoms with Crippen LogP contribution in [0.25, 0.3) is 0 Å². The Hall–Kier alpha value is -0.910. The van der Waals surface area contributed by atoms with E-state index >= 15 is 0 Å². The zero-order valence-corrected chi connectivity index (χ0v) is 11.0. The molecule has 1 rings (SSSR count). The molecule has 5 nitrogen and oxygen atoms in total. The van der Waals surface area contributed by atoms with Crippen LogP contribution in [0.2, 0.25) is 0 Å². The molecule has 0 spiro atoms. The molecular weight excluding hydrogens is 218 g/mol. The maximum absolute atomic E-state index is 5.36. The monoisotopic (exact) mass is 241 g/mol. The Morgan fingerprint density at radius 3 is 2.82 bits per heavy atom. The van der Waals surface area contributed by atoms with Crippen LogP contribution in [-0.4, -0.2) is 43.3 Å². The average Bonchev–Trinajstić information content (AvgIpc) is 2.69. The van der Waals surface area contributed by atoms with E-state index in [1.165, 1.54) is 5.69 Å². The highest BCUT2D eigenvalue weighted by Crippen LogP contribution is 2.02. The summed E-state index contributed by atoms with van der Waals surface area (Å²) in [4.78, 5) is 0. The third-order valence-electron chi connectivity index (χ3n) is 2.55. The van der Waals surface area contributed by atoms with E-state index in [1.807, 2.05) is 11.7 Å². The molecule has 1 aromatic rings. The van der Waals surface area contributed by atoms with Gasteiger partial charge in [-0.05, 0) is 12.5 Å². The normalized spacial score (nSPS) is 11.0. The molecule has 0 radical (unpaired) electrons. The lowest BCUT2D eigenvalue weighted by Gasteiger charge is -2.06. The number of aromatic nitrogens is 2. The van der Waals surface area contributed by atoms with Gasteiger partial charge in [-0.1, -0.05) is 6.92 Å². The fraction of sp³-hybridized carbons (Fsp3) is 0.750. The molecule has 1 N–H and O–H groups in total. The van der Waals surface area contributed by atoms with Crippen LogP contribution in [0.5, 0.6) is 0 Å². The number of nitrogens with zero attached hydrogens (tertiary/aromatic N) is 2. The molecule has 0 unspecified atom stereocenters. The summed E-state index contributed by atoms with van der Waals surface area (Å²) >= 11 is 0. The summed E-state index contributed by atoms with van der Waals surface area (Å²) in [7, 11) is 3.65. The molecule has 17 heavy (non-hydrogen) atoms. The molecule has 0 saturated heterocycles. The second-order valence-corrected chi connectivity index (χ2v) is 3.89. The number of hydrogen-bond donors (Lipinski definition) is 1. The van der Waals surface area contributed by atoms with Gasteiger partial charge in [-0.25, -0.2) is 0 Å². The lowest BCUT2D eigenvalue weighted by molar-refractivity contribution is 0.0718. The van der Waals surface area contributed by atoms with Crippen LogP contribution in [0.3, 0.4) is 0 Å². The van der Waals surface area contributed by atoms with Crippen molar-refractivity contribution in [2.75, 3.05) is 33.5 Å². The Bertz CT molecular complexity index is 313. The fourth-order valence-electron chi connectivity index (χ4n) is 1.51. The van der Waals surface area contributed by atoms with E-state index in [0.29, 0.717) is 19.8 Å². The van der Waals surface area contributed by atoms with E-state index in [4.69, 9.17) is 9.47 Å². The van der Waals surface area contributed by atoms with Crippen molar-refractivity contribution in [1.29, 1.82) is 0 Å². The van der Waals surface area contributed by atoms with Gasteiger partial charge in [0.25, 0.3) is 0 Å². The number of nitrogens with one attached hydrogen (secondary N) is 1. The molecule has 98 valence electrons. The quantitative estimate of drug-likeness (QED) is 0.648. The first-order valence-electron chi connectivity index (χ1n) is 6.07. The van der Waals surface area contributed by atoms with Crippen molar-refractivity contribution in [2.45, 2.75) is 19.9 Å². The molecule has 0 bridgehead atoms. The van der Waals surface area contributed by atoms with E-state index < -0.39 is 0 Å². The van der Waals surface area contributed by atoms with Crippen LogP contribution in [0.15, 0.2) is 6.07 Å². The summed E-state index contributed by atoms with van der Waals surface area (Å²) in [6.45, 7) is 5.81. The van der Waals surface area contributed by atoms with Crippen molar-refractivity contribution in [1.82, 2.24) is 15.1 Å². The second kappa shape index (κ2) is 8.22. The van der Waals surface area contributed by atoms with Gasteiger partial charge < -0.3 is 14.8 Å². The summed E-state index contributed by atoms with van der Waals surface area (Å²) in [6.07, 6.45) is 0.980. The third-order valence-corrected chi connectivity index (χ3v) is 2.55. The zero-order chi connectivity index (χ0) is 12.5. The lowest BCUT2D eigenvalue weighted by Crippen LogP contribution is -2.21. The van der Waals surface area contributed by atoms with Gasteiger partial charge in [0.05, 0.1) is 31.2 Å². The number of rotatable bonds is 9. The minimum Gasteiger partial charge on any atom is -0.382 e. The maximum atomic E-state index is 5.36. The van der Waals surface area contributed by atoms with E-state index in [-0.39, 0.29) is 0 Å². The van der Waals surface area contributed by atoms with Gasteiger partial charge in [-0.2, -0.15) is 5.10 Å². The summed E-state index contributed by atoms with van der Waals surface area (Å²) in [5.74, 6) is 0. The standard InChI is InChI=1S/C12H23N3O2/c1-4-11-9-12(15(2)14-11)10-13-5-6-17-8-7-16-3/h9,13H,4-8,10H2,1-3H3. The second-order valence-electron chi connectivity index (χ2n) is 3.89. The van der Waals surface area contributed by atoms with Gasteiger partial charge >= 0.3 is 0 Å². The topological polar surface area (TPSA) is 48.3 Å². The first-order valence-corrected chi connectivity index (χ1v) is 6.07. The van der Waals surface area contributed by atoms with Gasteiger partial charge in [0.1, 0.15) is 0 Å². The summed E-state index contributed by atoms with van der Waals surface area (Å²) < 4.78 is 12.2. The van der Waals surface area contributed by atoms with Crippen molar-refractivity contribution in [3.8, 4) is 0 Å². The predicted molar refractivity (Wildman–Crippen MR) is 67.0 cm³/mol. The van der Waals surface area contributed by atoms with Gasteiger partial charge in [-0.3, -0.25) is 4.68 Å². The predicted octanol–water partition coefficient (Wildman–Crippen LogP) is 0.735. The molecule has 1 heterocycles. The minimum absolute atomic E-state index is 0.654. The van der Waals surface area contributed by atoms with Crippen LogP contribution in [0, 0.1) is 0 Å². The van der Waals surface area contributed by atoms with Crippen molar-refractivity contribution >= 4 is 0 Å². The SMILES string of the molecule is CCc1cc(CNCCOCCOC)n(C)n1. The molecule has 1 aromatic heterocycles. The minimum atomic E-state index is 0.654. The number of hydrogen-bond acceptors (Lipinski definition) is 4. The first kappa shape index (κ1) is 14.2. The molecular formula is C12H23N3O2. The van der Waals surface area contributed by atoms with Crippen molar-refractivity contribution in [3.63, 3.8) is 0 Å². The molecule has 0 atom stereocenters. The van der Waals surface area contributed by atoms with E-state index in [9.17, 15) is 0 Å². The smallest absolute Gasteiger partial charge is 0.0700 e. The van der Waals surface area contributed by atoms with Crippen molar-refractivity contribution < 1.29 is 9.47 Å². The fourth-order valence-corrected chi connectivity index (χ4v) is 1.51. The number of aryl methyl sites for hydroxylation is 2. The number of methoxy groups -OCH3 is 1. The molecule has 0 fully saturated rings. The van der Waals surface area contributed by atoms with Gasteiger partial charge in [0.15, 0.2) is 0 Å². The average molecular weight is 241 g/mol. The molecule has 0 saturated carbocycles. The Balaban J connectivity index is 2.11. The highest BCUT2D eigenvalue weighted by Gasteiger charge is 2.02. The van der Waals surface area contributed by atoms with E-state index in [0.717, 1.165) is 25.2 Å². The first-order chi connectivity index (χ1) is 8.27. The molecule has 5 heteroatoms. The van der Waals surface area contributed by atoms with E-state index in [2.05, 4.69) is 23.4 Å². The van der Waals surface area contributed by atoms with Crippen molar-refractivity contribution in [3.05, 3.63) is 17.5 Å². The van der Waals surface area contributed by atoms with Gasteiger partial charge in [0, 0.05) is 27.2 Å².